The van der Waals surface area contributed by atoms with E-state index in [0.717, 1.165) is 44.9 Å². The summed E-state index contributed by atoms with van der Waals surface area (Å²) in [6.45, 7) is 2.06. The minimum atomic E-state index is -1.42. The summed E-state index contributed by atoms with van der Waals surface area (Å²) in [5.41, 5.74) is 0. The third kappa shape index (κ3) is 36.0. The van der Waals surface area contributed by atoms with Gasteiger partial charge in [-0.15, -0.1) is 0 Å². The Morgan fingerprint density at radius 1 is 0.448 bits per heavy atom. The Balaban J connectivity index is 3.72. The molecule has 0 aliphatic carbocycles. The van der Waals surface area contributed by atoms with Crippen LogP contribution in [-0.4, -0.2) is 135 Å². The Morgan fingerprint density at radius 3 is 1.19 bits per heavy atom. The monoisotopic (exact) mass is 831 g/mol. The van der Waals surface area contributed by atoms with E-state index in [0.29, 0.717) is 65.3 Å². The van der Waals surface area contributed by atoms with Gasteiger partial charge >= 0.3 is 17.9 Å². The van der Waals surface area contributed by atoms with Gasteiger partial charge in [-0.3, -0.25) is 28.8 Å². The predicted octanol–water partition coefficient (Wildman–Crippen LogP) is 2.04. The first-order valence-electron chi connectivity index (χ1n) is 20.7. The molecule has 19 nitrogen and oxygen atoms in total. The van der Waals surface area contributed by atoms with Crippen molar-refractivity contribution in [1.82, 2.24) is 26.6 Å². The SMILES string of the molecule is O=CNCC(=O)NC(CC(=O)NCCCOCCOCCOCCCNC(=O)C[C@H](NC(=O)CCCCCCCCCCCCCCCCC(=O)O)C(=O)O)C(=O)O. The minimum absolute atomic E-state index is 0.215. The number of rotatable bonds is 42. The zero-order valence-corrected chi connectivity index (χ0v) is 34.1. The first kappa shape index (κ1) is 53.6. The summed E-state index contributed by atoms with van der Waals surface area (Å²) < 4.78 is 16.3. The lowest BCUT2D eigenvalue weighted by Gasteiger charge is -2.14. The second-order valence-electron chi connectivity index (χ2n) is 13.9. The van der Waals surface area contributed by atoms with Crippen molar-refractivity contribution < 1.29 is 67.9 Å². The van der Waals surface area contributed by atoms with Crippen molar-refractivity contribution in [2.45, 2.75) is 141 Å². The number of carboxylic acid groups (broad SMARTS) is 3. The molecule has 5 amide bonds. The van der Waals surface area contributed by atoms with Crippen LogP contribution < -0.4 is 26.6 Å². The van der Waals surface area contributed by atoms with Gasteiger partial charge < -0.3 is 56.1 Å². The number of carbonyl (C=O) groups excluding carboxylic acids is 5. The van der Waals surface area contributed by atoms with Gasteiger partial charge in [0.2, 0.25) is 30.0 Å². The molecule has 2 atom stereocenters. The average molecular weight is 832 g/mol. The molecule has 0 spiro atoms. The van der Waals surface area contributed by atoms with Crippen molar-refractivity contribution in [3.63, 3.8) is 0 Å². The predicted molar refractivity (Wildman–Crippen MR) is 212 cm³/mol. The van der Waals surface area contributed by atoms with E-state index in [1.807, 2.05) is 0 Å². The highest BCUT2D eigenvalue weighted by atomic mass is 16.5. The van der Waals surface area contributed by atoms with Gasteiger partial charge in [0.1, 0.15) is 12.1 Å². The van der Waals surface area contributed by atoms with Crippen LogP contribution in [0.25, 0.3) is 0 Å². The highest BCUT2D eigenvalue weighted by Gasteiger charge is 2.24. The maximum Gasteiger partial charge on any atom is 0.326 e. The zero-order chi connectivity index (χ0) is 43.1. The molecule has 0 aromatic rings. The molecular weight excluding hydrogens is 762 g/mol. The third-order valence-electron chi connectivity index (χ3n) is 8.76. The number of hydrogen-bond donors (Lipinski definition) is 8. The van der Waals surface area contributed by atoms with Crippen molar-refractivity contribution >= 4 is 47.9 Å². The van der Waals surface area contributed by atoms with Crippen LogP contribution in [0.1, 0.15) is 128 Å². The van der Waals surface area contributed by atoms with Crippen LogP contribution in [-0.2, 0) is 52.6 Å². The van der Waals surface area contributed by atoms with Crippen LogP contribution in [0.4, 0.5) is 0 Å². The van der Waals surface area contributed by atoms with E-state index in [4.69, 9.17) is 24.4 Å². The molecule has 19 heteroatoms. The van der Waals surface area contributed by atoms with Gasteiger partial charge in [-0.25, -0.2) is 9.59 Å². The summed E-state index contributed by atoms with van der Waals surface area (Å²) in [5, 5.41) is 39.2. The van der Waals surface area contributed by atoms with Gasteiger partial charge in [-0.2, -0.15) is 0 Å². The largest absolute Gasteiger partial charge is 0.481 e. The Bertz CT molecular complexity index is 1180. The second-order valence-corrected chi connectivity index (χ2v) is 13.9. The van der Waals surface area contributed by atoms with Crippen molar-refractivity contribution in [2.24, 2.45) is 0 Å². The van der Waals surface area contributed by atoms with Crippen molar-refractivity contribution in [3.8, 4) is 0 Å². The molecule has 0 aromatic heterocycles. The van der Waals surface area contributed by atoms with Gasteiger partial charge in [-0.05, 0) is 25.7 Å². The van der Waals surface area contributed by atoms with Crippen molar-refractivity contribution in [1.29, 1.82) is 0 Å². The average Bonchev–Trinajstić information content (AvgIpc) is 3.17. The first-order chi connectivity index (χ1) is 28.0. The summed E-state index contributed by atoms with van der Waals surface area (Å²) in [4.78, 5) is 91.7. The summed E-state index contributed by atoms with van der Waals surface area (Å²) in [6.07, 6.45) is 15.8. The van der Waals surface area contributed by atoms with Crippen LogP contribution in [0.15, 0.2) is 0 Å². The third-order valence-corrected chi connectivity index (χ3v) is 8.76. The lowest BCUT2D eigenvalue weighted by atomic mass is 10.0. The molecule has 0 aromatic carbocycles. The Hall–Kier alpha value is -4.36. The van der Waals surface area contributed by atoms with Gasteiger partial charge in [0.15, 0.2) is 0 Å². The van der Waals surface area contributed by atoms with Crippen LogP contribution in [0.5, 0.6) is 0 Å². The molecule has 0 aliphatic rings. The van der Waals surface area contributed by atoms with Gasteiger partial charge in [-0.1, -0.05) is 77.0 Å². The number of carbonyl (C=O) groups is 8. The number of ether oxygens (including phenoxy) is 3. The molecule has 0 saturated carbocycles. The maximum atomic E-state index is 12.3. The van der Waals surface area contributed by atoms with E-state index in [-0.39, 0.29) is 38.3 Å². The molecule has 0 saturated heterocycles. The first-order valence-corrected chi connectivity index (χ1v) is 20.7. The number of carboxylic acids is 3. The van der Waals surface area contributed by atoms with E-state index >= 15 is 0 Å². The molecule has 58 heavy (non-hydrogen) atoms. The highest BCUT2D eigenvalue weighted by molar-refractivity contribution is 5.90. The molecule has 0 bridgehead atoms. The molecule has 0 heterocycles. The summed E-state index contributed by atoms with van der Waals surface area (Å²) in [6, 6.07) is -2.72. The number of unbranched alkanes of at least 4 members (excludes halogenated alkanes) is 13. The molecule has 0 rings (SSSR count). The smallest absolute Gasteiger partial charge is 0.326 e. The molecule has 1 unspecified atom stereocenters. The Kier molecular flexibility index (Phi) is 35.3. The molecule has 8 N–H and O–H groups in total. The standard InChI is InChI=1S/C39H69N5O14/c45-30-40-29-36(49)44-32(39(54)55)28-35(48)42-20-16-22-57-24-26-58-25-23-56-21-15-19-41-34(47)27-31(38(52)53)43-33(46)17-13-11-9-7-5-3-1-2-4-6-8-10-12-14-18-37(50)51/h30-32H,1-29H2,(H,40,45)(H,41,47)(H,42,48)(H,43,46)(H,44,49)(H,50,51)(H,52,53)(H,54,55)/t31-,32?/m0/s1. The van der Waals surface area contributed by atoms with E-state index in [2.05, 4.69) is 26.6 Å². The quantitative estimate of drug-likeness (QED) is 0.0323. The molecule has 334 valence electrons. The summed E-state index contributed by atoms with van der Waals surface area (Å²) in [5.74, 6) is -5.52. The normalized spacial score (nSPS) is 11.9. The maximum absolute atomic E-state index is 12.3. The van der Waals surface area contributed by atoms with E-state index in [9.17, 15) is 43.5 Å². The zero-order valence-electron chi connectivity index (χ0n) is 34.1. The van der Waals surface area contributed by atoms with E-state index in [1.54, 1.807) is 0 Å². The fourth-order valence-corrected chi connectivity index (χ4v) is 5.59. The van der Waals surface area contributed by atoms with Crippen molar-refractivity contribution in [3.05, 3.63) is 0 Å². The van der Waals surface area contributed by atoms with Gasteiger partial charge in [0.05, 0.1) is 45.8 Å². The second kappa shape index (κ2) is 38.2. The van der Waals surface area contributed by atoms with Crippen LogP contribution in [0.3, 0.4) is 0 Å². The van der Waals surface area contributed by atoms with Crippen LogP contribution in [0, 0.1) is 0 Å². The lowest BCUT2D eigenvalue weighted by Crippen LogP contribution is -2.46. The van der Waals surface area contributed by atoms with E-state index < -0.39 is 60.7 Å². The molecule has 0 aliphatic heterocycles. The summed E-state index contributed by atoms with van der Waals surface area (Å²) in [7, 11) is 0. The Labute approximate surface area is 341 Å². The fraction of sp³-hybridized carbons (Fsp3) is 0.795. The van der Waals surface area contributed by atoms with Crippen molar-refractivity contribution in [2.75, 3.05) is 59.3 Å². The number of hydrogen-bond acceptors (Lipinski definition) is 11. The van der Waals surface area contributed by atoms with Crippen LogP contribution >= 0.6 is 0 Å². The van der Waals surface area contributed by atoms with Gasteiger partial charge in [0.25, 0.3) is 0 Å². The molecule has 0 radical (unpaired) electrons. The number of amides is 5. The topological polar surface area (TPSA) is 285 Å². The highest BCUT2D eigenvalue weighted by Crippen LogP contribution is 2.14. The fourth-order valence-electron chi connectivity index (χ4n) is 5.59. The minimum Gasteiger partial charge on any atom is -0.481 e. The van der Waals surface area contributed by atoms with Gasteiger partial charge in [0, 0.05) is 39.1 Å². The summed E-state index contributed by atoms with van der Waals surface area (Å²) >= 11 is 0. The van der Waals surface area contributed by atoms with E-state index in [1.165, 1.54) is 38.5 Å². The molecule has 0 fully saturated rings. The lowest BCUT2D eigenvalue weighted by molar-refractivity contribution is -0.143. The number of aliphatic carboxylic acids is 3. The van der Waals surface area contributed by atoms with Crippen LogP contribution in [0.2, 0.25) is 0 Å². The number of nitrogens with one attached hydrogen (secondary N) is 5. The Morgan fingerprint density at radius 2 is 0.810 bits per heavy atom. The molecular formula is C39H69N5O14.